The highest BCUT2D eigenvalue weighted by Gasteiger charge is 2.51. The first-order chi connectivity index (χ1) is 13.5. The summed E-state index contributed by atoms with van der Waals surface area (Å²) >= 11 is 0. The highest BCUT2D eigenvalue weighted by Crippen LogP contribution is 2.61. The molecular formula is C21H30N4O3. The zero-order chi connectivity index (χ0) is 19.7. The summed E-state index contributed by atoms with van der Waals surface area (Å²) in [4.78, 5) is 36.7. The number of nitrogens with one attached hydrogen (secondary N) is 2. The third-order valence-corrected chi connectivity index (χ3v) is 6.84. The molecule has 0 aromatic carbocycles. The number of nitrogens with zero attached hydrogens (tertiary/aromatic N) is 2. The molecule has 5 rings (SSSR count). The highest BCUT2D eigenvalue weighted by atomic mass is 16.2. The summed E-state index contributed by atoms with van der Waals surface area (Å²) in [6, 6.07) is 2.74. The number of hydrazine groups is 1. The number of rotatable bonds is 6. The lowest BCUT2D eigenvalue weighted by Crippen LogP contribution is -2.50. The lowest BCUT2D eigenvalue weighted by atomic mass is 9.49. The summed E-state index contributed by atoms with van der Waals surface area (Å²) in [5, 5.41) is 4.11. The van der Waals surface area contributed by atoms with Gasteiger partial charge in [0.2, 0.25) is 5.91 Å². The predicted octanol–water partition coefficient (Wildman–Crippen LogP) is 2.41. The van der Waals surface area contributed by atoms with Crippen LogP contribution in [0.3, 0.4) is 0 Å². The number of hydrogen-bond acceptors (Lipinski definition) is 4. The van der Waals surface area contributed by atoms with Crippen molar-refractivity contribution in [2.24, 2.45) is 23.2 Å². The van der Waals surface area contributed by atoms with Crippen molar-refractivity contribution in [1.82, 2.24) is 20.6 Å². The van der Waals surface area contributed by atoms with Crippen LogP contribution in [0.4, 0.5) is 0 Å². The predicted molar refractivity (Wildman–Crippen MR) is 104 cm³/mol. The molecule has 2 N–H and O–H groups in total. The fourth-order valence-corrected chi connectivity index (χ4v) is 6.12. The van der Waals surface area contributed by atoms with Crippen molar-refractivity contribution in [3.63, 3.8) is 0 Å². The maximum absolute atomic E-state index is 12.5. The van der Waals surface area contributed by atoms with Gasteiger partial charge in [0.1, 0.15) is 0 Å². The molecule has 1 aromatic rings. The molecule has 0 aliphatic heterocycles. The van der Waals surface area contributed by atoms with Crippen LogP contribution < -0.4 is 16.4 Å². The van der Waals surface area contributed by atoms with Gasteiger partial charge in [-0.3, -0.25) is 25.2 Å². The van der Waals surface area contributed by atoms with Gasteiger partial charge in [-0.25, -0.2) is 4.68 Å². The topological polar surface area (TPSA) is 93.1 Å². The van der Waals surface area contributed by atoms with Crippen LogP contribution >= 0.6 is 0 Å². The minimum Gasteiger partial charge on any atom is -0.273 e. The van der Waals surface area contributed by atoms with E-state index >= 15 is 0 Å². The van der Waals surface area contributed by atoms with E-state index in [9.17, 15) is 14.4 Å². The SMILES string of the molecule is CCCCn1nc(C(=O)NNC(=O)CC23CC4CC(CC(C4)C2)C3)ccc1=O. The summed E-state index contributed by atoms with van der Waals surface area (Å²) in [6.07, 6.45) is 9.74. The van der Waals surface area contributed by atoms with Gasteiger partial charge in [-0.1, -0.05) is 13.3 Å². The Hall–Kier alpha value is -2.18. The van der Waals surface area contributed by atoms with Gasteiger partial charge in [0.25, 0.3) is 11.5 Å². The van der Waals surface area contributed by atoms with Crippen molar-refractivity contribution in [3.05, 3.63) is 28.2 Å². The van der Waals surface area contributed by atoms with Crippen molar-refractivity contribution in [3.8, 4) is 0 Å². The normalized spacial score (nSPS) is 30.2. The van der Waals surface area contributed by atoms with Gasteiger partial charge >= 0.3 is 0 Å². The summed E-state index contributed by atoms with van der Waals surface area (Å²) in [5.74, 6) is 1.75. The monoisotopic (exact) mass is 386 g/mol. The van der Waals surface area contributed by atoms with Crippen molar-refractivity contribution >= 4 is 11.8 Å². The van der Waals surface area contributed by atoms with Gasteiger partial charge in [0.15, 0.2) is 5.69 Å². The van der Waals surface area contributed by atoms with Crippen LogP contribution in [0.1, 0.15) is 75.2 Å². The molecule has 7 nitrogen and oxygen atoms in total. The molecule has 4 saturated carbocycles. The number of carbonyl (C=O) groups is 2. The zero-order valence-corrected chi connectivity index (χ0v) is 16.6. The van der Waals surface area contributed by atoms with E-state index in [4.69, 9.17) is 0 Å². The van der Waals surface area contributed by atoms with Crippen molar-refractivity contribution in [1.29, 1.82) is 0 Å². The lowest BCUT2D eigenvalue weighted by molar-refractivity contribution is -0.130. The van der Waals surface area contributed by atoms with E-state index in [1.807, 2.05) is 6.92 Å². The van der Waals surface area contributed by atoms with Crippen LogP contribution in [0.15, 0.2) is 16.9 Å². The summed E-state index contributed by atoms with van der Waals surface area (Å²) in [6.45, 7) is 2.51. The Morgan fingerprint density at radius 3 is 2.36 bits per heavy atom. The second-order valence-corrected chi connectivity index (χ2v) is 9.23. The summed E-state index contributed by atoms with van der Waals surface area (Å²) < 4.78 is 1.30. The smallest absolute Gasteiger partial charge is 0.273 e. The first-order valence-corrected chi connectivity index (χ1v) is 10.6. The number of unbranched alkanes of at least 4 members (excludes halogenated alkanes) is 1. The van der Waals surface area contributed by atoms with Crippen LogP contribution in [0.25, 0.3) is 0 Å². The molecule has 2 amide bonds. The Morgan fingerprint density at radius 1 is 1.11 bits per heavy atom. The molecule has 152 valence electrons. The minimum atomic E-state index is -0.496. The van der Waals surface area contributed by atoms with Gasteiger partial charge in [-0.05, 0) is 74.2 Å². The third kappa shape index (κ3) is 3.98. The fraction of sp³-hybridized carbons (Fsp3) is 0.714. The molecule has 7 heteroatoms. The second kappa shape index (κ2) is 7.68. The van der Waals surface area contributed by atoms with Crippen LogP contribution in [0, 0.1) is 23.2 Å². The average molecular weight is 386 g/mol. The van der Waals surface area contributed by atoms with E-state index in [0.717, 1.165) is 49.9 Å². The lowest BCUT2D eigenvalue weighted by Gasteiger charge is -2.56. The van der Waals surface area contributed by atoms with E-state index in [0.29, 0.717) is 13.0 Å². The molecule has 0 saturated heterocycles. The number of amides is 2. The zero-order valence-electron chi connectivity index (χ0n) is 16.6. The van der Waals surface area contributed by atoms with E-state index in [1.54, 1.807) is 0 Å². The molecule has 4 fully saturated rings. The third-order valence-electron chi connectivity index (χ3n) is 6.84. The van der Waals surface area contributed by atoms with E-state index in [-0.39, 0.29) is 22.6 Å². The highest BCUT2D eigenvalue weighted by molar-refractivity contribution is 5.93. The molecule has 4 aliphatic rings. The Balaban J connectivity index is 1.32. The Bertz CT molecular complexity index is 781. The van der Waals surface area contributed by atoms with Gasteiger partial charge in [-0.15, -0.1) is 0 Å². The Labute approximate surface area is 165 Å². The standard InChI is InChI=1S/C21H30N4O3/c1-2-3-6-25-19(27)5-4-17(24-25)20(28)23-22-18(26)13-21-10-14-7-15(11-21)9-16(8-14)12-21/h4-5,14-16H,2-3,6-13H2,1H3,(H,22,26)(H,23,28). The van der Waals surface area contributed by atoms with Gasteiger partial charge in [-0.2, -0.15) is 5.10 Å². The molecule has 1 heterocycles. The van der Waals surface area contributed by atoms with Gasteiger partial charge < -0.3 is 0 Å². The summed E-state index contributed by atoms with van der Waals surface area (Å²) in [7, 11) is 0. The molecule has 4 bridgehead atoms. The second-order valence-electron chi connectivity index (χ2n) is 9.23. The molecule has 0 atom stereocenters. The van der Waals surface area contributed by atoms with Crippen LogP contribution in [0.2, 0.25) is 0 Å². The first kappa shape index (κ1) is 19.2. The van der Waals surface area contributed by atoms with Crippen molar-refractivity contribution < 1.29 is 9.59 Å². The van der Waals surface area contributed by atoms with E-state index in [1.165, 1.54) is 36.1 Å². The minimum absolute atomic E-state index is 0.130. The van der Waals surface area contributed by atoms with Gasteiger partial charge in [0, 0.05) is 19.0 Å². The number of carbonyl (C=O) groups excluding carboxylic acids is 2. The molecule has 1 aromatic heterocycles. The molecule has 4 aliphatic carbocycles. The molecule has 28 heavy (non-hydrogen) atoms. The average Bonchev–Trinajstić information content (AvgIpc) is 2.64. The van der Waals surface area contributed by atoms with Crippen LogP contribution in [-0.4, -0.2) is 21.6 Å². The maximum Gasteiger partial charge on any atom is 0.290 e. The Morgan fingerprint density at radius 2 is 1.75 bits per heavy atom. The fourth-order valence-electron chi connectivity index (χ4n) is 6.12. The largest absolute Gasteiger partial charge is 0.290 e. The quantitative estimate of drug-likeness (QED) is 0.734. The molecular weight excluding hydrogens is 356 g/mol. The Kier molecular flexibility index (Phi) is 5.25. The molecule has 0 radical (unpaired) electrons. The van der Waals surface area contributed by atoms with Gasteiger partial charge in [0.05, 0.1) is 0 Å². The molecule has 0 unspecified atom stereocenters. The number of aromatic nitrogens is 2. The van der Waals surface area contributed by atoms with Crippen molar-refractivity contribution in [2.45, 2.75) is 71.3 Å². The van der Waals surface area contributed by atoms with Crippen LogP contribution in [-0.2, 0) is 11.3 Å². The number of hydrogen-bond donors (Lipinski definition) is 2. The first-order valence-electron chi connectivity index (χ1n) is 10.6. The maximum atomic E-state index is 12.5. The van der Waals surface area contributed by atoms with Crippen molar-refractivity contribution in [2.75, 3.05) is 0 Å². The molecule has 0 spiro atoms. The van der Waals surface area contributed by atoms with Crippen LogP contribution in [0.5, 0.6) is 0 Å². The van der Waals surface area contributed by atoms with E-state index in [2.05, 4.69) is 16.0 Å². The summed E-state index contributed by atoms with van der Waals surface area (Å²) in [5.41, 5.74) is 5.07. The number of aryl methyl sites for hydroxylation is 1. The van der Waals surface area contributed by atoms with E-state index < -0.39 is 5.91 Å².